The first kappa shape index (κ1) is 27.0. The third-order valence-electron chi connectivity index (χ3n) is 6.84. The van der Waals surface area contributed by atoms with Crippen molar-refractivity contribution in [2.24, 2.45) is 0 Å². The van der Waals surface area contributed by atoms with E-state index in [1.54, 1.807) is 12.1 Å². The monoisotopic (exact) mass is 573 g/mol. The van der Waals surface area contributed by atoms with E-state index in [0.29, 0.717) is 25.4 Å². The summed E-state index contributed by atoms with van der Waals surface area (Å²) < 4.78 is 37.0. The van der Waals surface area contributed by atoms with Gasteiger partial charge in [-0.25, -0.2) is 18.6 Å². The molecule has 0 saturated carbocycles. The number of halogens is 2. The van der Waals surface area contributed by atoms with E-state index in [-0.39, 0.29) is 5.82 Å². The molecule has 1 N–H and O–H groups in total. The van der Waals surface area contributed by atoms with Crippen LogP contribution in [0.2, 0.25) is 0 Å². The first-order valence-electron chi connectivity index (χ1n) is 12.4. The maximum atomic E-state index is 13.4. The molecular weight excluding hydrogens is 545 g/mol. The Morgan fingerprint density at radius 2 is 1.97 bits per heavy atom. The van der Waals surface area contributed by atoms with Gasteiger partial charge in [0.25, 0.3) is 0 Å². The van der Waals surface area contributed by atoms with Crippen molar-refractivity contribution >= 4 is 56.2 Å². The van der Waals surface area contributed by atoms with Crippen LogP contribution < -0.4 is 4.90 Å². The molecule has 0 fully saturated rings. The van der Waals surface area contributed by atoms with Gasteiger partial charge in [-0.05, 0) is 66.8 Å². The van der Waals surface area contributed by atoms with Crippen LogP contribution in [0.3, 0.4) is 0 Å². The van der Waals surface area contributed by atoms with Crippen LogP contribution in [0, 0.1) is 5.82 Å². The Bertz CT molecular complexity index is 1490. The van der Waals surface area contributed by atoms with E-state index in [9.17, 15) is 13.2 Å². The van der Waals surface area contributed by atoms with Crippen LogP contribution in [-0.4, -0.2) is 59.4 Å². The molecule has 1 aliphatic heterocycles. The van der Waals surface area contributed by atoms with Crippen molar-refractivity contribution in [3.8, 4) is 11.3 Å². The van der Waals surface area contributed by atoms with Crippen molar-refractivity contribution in [1.82, 2.24) is 19.3 Å². The third kappa shape index (κ3) is 5.41. The number of benzene rings is 1. The number of thiazole rings is 1. The Hall–Kier alpha value is -2.63. The largest absolute Gasteiger partial charge is 0.305 e. The number of rotatable bonds is 9. The van der Waals surface area contributed by atoms with Crippen molar-refractivity contribution in [2.75, 3.05) is 30.9 Å². The number of nitrogens with zero attached hydrogens (tertiary/aromatic N) is 5. The number of pyridine rings is 1. The minimum absolute atomic E-state index is 0.269. The normalized spacial score (nSPS) is 16.0. The number of anilines is 2. The van der Waals surface area contributed by atoms with Crippen LogP contribution in [0.5, 0.6) is 0 Å². The Kier molecular flexibility index (Phi) is 8.25. The summed E-state index contributed by atoms with van der Waals surface area (Å²) in [5.74, 6) is 1.04. The number of alkyl halides is 1. The highest BCUT2D eigenvalue weighted by Crippen LogP contribution is 2.34. The summed E-state index contributed by atoms with van der Waals surface area (Å²) in [7, 11) is 1.99. The van der Waals surface area contributed by atoms with Crippen molar-refractivity contribution in [2.45, 2.75) is 31.6 Å². The zero-order chi connectivity index (χ0) is 26.8. The van der Waals surface area contributed by atoms with E-state index in [4.69, 9.17) is 21.6 Å². The van der Waals surface area contributed by atoms with Gasteiger partial charge >= 0.3 is 0 Å². The minimum atomic E-state index is -1.94. The van der Waals surface area contributed by atoms with Gasteiger partial charge < -0.3 is 9.45 Å². The molecule has 0 amide bonds. The van der Waals surface area contributed by atoms with Crippen LogP contribution >= 0.6 is 22.9 Å². The van der Waals surface area contributed by atoms with Gasteiger partial charge in [-0.15, -0.1) is 22.9 Å². The average Bonchev–Trinajstić information content (AvgIpc) is 3.57. The molecule has 2 unspecified atom stereocenters. The summed E-state index contributed by atoms with van der Waals surface area (Å²) in [5, 5.41) is 2.35. The third-order valence-corrected chi connectivity index (χ3v) is 8.98. The fraction of sp³-hybridized carbons (Fsp3) is 0.333. The number of imidazole rings is 1. The standard InChI is InChI=1S/C27H29ClFN5O2S2/c1-3-22-26(32(2)27-31-23(17-37-27)19-4-7-21(29)8-5-19)34-16-20(6-9-24(34)30-22)18-11-14-33(15-12-18)25(10-13-28)38(35)36/h4-9,11,16-17,25H,3,10,12-15H2,1-2H3,(H,35,36). The SMILES string of the molecule is CCc1nc2ccc(C3=CCN(C(CCCl)S(=O)O)CC3)cn2c1N(C)c1nc(-c2ccc(F)cc2)cs1. The second-order valence-electron chi connectivity index (χ2n) is 9.15. The molecular formula is C27H29ClFN5O2S2. The summed E-state index contributed by atoms with van der Waals surface area (Å²) >= 11 is 5.45. The van der Waals surface area contributed by atoms with E-state index in [0.717, 1.165) is 52.0 Å². The lowest BCUT2D eigenvalue weighted by molar-refractivity contribution is 0.264. The molecule has 0 bridgehead atoms. The quantitative estimate of drug-likeness (QED) is 0.190. The maximum absolute atomic E-state index is 13.4. The Morgan fingerprint density at radius 1 is 1.21 bits per heavy atom. The fourth-order valence-corrected chi connectivity index (χ4v) is 6.74. The summed E-state index contributed by atoms with van der Waals surface area (Å²) in [6.07, 6.45) is 6.27. The van der Waals surface area contributed by atoms with Gasteiger partial charge in [0.2, 0.25) is 0 Å². The number of aromatic nitrogens is 3. The number of fused-ring (bicyclic) bond motifs is 1. The van der Waals surface area contributed by atoms with E-state index in [1.807, 2.05) is 23.4 Å². The first-order valence-corrected chi connectivity index (χ1v) is 15.0. The van der Waals surface area contributed by atoms with E-state index in [2.05, 4.69) is 34.6 Å². The molecule has 1 aliphatic rings. The summed E-state index contributed by atoms with van der Waals surface area (Å²) in [6, 6.07) is 10.5. The van der Waals surface area contributed by atoms with Crippen LogP contribution in [-0.2, 0) is 17.5 Å². The summed E-state index contributed by atoms with van der Waals surface area (Å²) in [4.78, 5) is 13.8. The van der Waals surface area contributed by atoms with Gasteiger partial charge in [0.1, 0.15) is 22.7 Å². The van der Waals surface area contributed by atoms with Crippen molar-refractivity contribution in [1.29, 1.82) is 0 Å². The smallest absolute Gasteiger partial charge is 0.191 e. The molecule has 4 heterocycles. The molecule has 3 aromatic heterocycles. The summed E-state index contributed by atoms with van der Waals surface area (Å²) in [6.45, 7) is 3.38. The lowest BCUT2D eigenvalue weighted by Crippen LogP contribution is -2.41. The predicted molar refractivity (Wildman–Crippen MR) is 154 cm³/mol. The van der Waals surface area contributed by atoms with E-state index < -0.39 is 16.5 Å². The molecule has 0 spiro atoms. The van der Waals surface area contributed by atoms with Crippen LogP contribution in [0.1, 0.15) is 31.0 Å². The van der Waals surface area contributed by atoms with Gasteiger partial charge in [-0.3, -0.25) is 9.30 Å². The molecule has 0 aliphatic carbocycles. The second-order valence-corrected chi connectivity index (χ2v) is 11.5. The van der Waals surface area contributed by atoms with Crippen molar-refractivity contribution in [3.05, 3.63) is 71.1 Å². The molecule has 1 aromatic carbocycles. The fourth-order valence-electron chi connectivity index (χ4n) is 4.84. The number of hydrogen-bond acceptors (Lipinski definition) is 6. The maximum Gasteiger partial charge on any atom is 0.191 e. The molecule has 4 aromatic rings. The average molecular weight is 574 g/mol. The lowest BCUT2D eigenvalue weighted by atomic mass is 10.0. The van der Waals surface area contributed by atoms with Gasteiger partial charge in [-0.2, -0.15) is 0 Å². The second kappa shape index (κ2) is 11.6. The molecule has 11 heteroatoms. The topological polar surface area (TPSA) is 74.0 Å². The van der Waals surface area contributed by atoms with Crippen LogP contribution in [0.25, 0.3) is 22.5 Å². The number of hydrogen-bond donors (Lipinski definition) is 1. The molecule has 2 atom stereocenters. The van der Waals surface area contributed by atoms with Gasteiger partial charge in [0, 0.05) is 43.2 Å². The van der Waals surface area contributed by atoms with Gasteiger partial charge in [0.15, 0.2) is 16.2 Å². The first-order chi connectivity index (χ1) is 18.4. The van der Waals surface area contributed by atoms with Gasteiger partial charge in [0.05, 0.1) is 11.4 Å². The molecule has 5 rings (SSSR count). The zero-order valence-electron chi connectivity index (χ0n) is 21.2. The summed E-state index contributed by atoms with van der Waals surface area (Å²) in [5.41, 5.74) is 5.80. The van der Waals surface area contributed by atoms with Crippen LogP contribution in [0.4, 0.5) is 15.3 Å². The highest BCUT2D eigenvalue weighted by Gasteiger charge is 2.26. The molecule has 38 heavy (non-hydrogen) atoms. The van der Waals surface area contributed by atoms with Gasteiger partial charge in [-0.1, -0.05) is 13.0 Å². The van der Waals surface area contributed by atoms with Crippen molar-refractivity contribution in [3.63, 3.8) is 0 Å². The molecule has 0 saturated heterocycles. The highest BCUT2D eigenvalue weighted by atomic mass is 35.5. The Balaban J connectivity index is 1.45. The molecule has 7 nitrogen and oxygen atoms in total. The van der Waals surface area contributed by atoms with Crippen LogP contribution in [0.15, 0.2) is 54.1 Å². The molecule has 200 valence electrons. The minimum Gasteiger partial charge on any atom is -0.305 e. The Morgan fingerprint density at radius 3 is 2.63 bits per heavy atom. The Labute approximate surface area is 232 Å². The molecule has 0 radical (unpaired) electrons. The van der Waals surface area contributed by atoms with E-state index in [1.165, 1.54) is 29.0 Å². The predicted octanol–water partition coefficient (Wildman–Crippen LogP) is 6.19. The lowest BCUT2D eigenvalue weighted by Gasteiger charge is -2.31. The highest BCUT2D eigenvalue weighted by molar-refractivity contribution is 7.79. The zero-order valence-corrected chi connectivity index (χ0v) is 23.6. The van der Waals surface area contributed by atoms with Crippen molar-refractivity contribution < 1.29 is 13.2 Å². The van der Waals surface area contributed by atoms with E-state index >= 15 is 0 Å². The number of aryl methyl sites for hydroxylation is 1.